The molecule has 0 saturated heterocycles. The maximum Gasteiger partial charge on any atom is 0.416 e. The number of aromatic nitrogens is 1. The minimum Gasteiger partial charge on any atom is -0.411 e. The molecule has 0 spiro atoms. The van der Waals surface area contributed by atoms with E-state index in [1.807, 2.05) is 43.3 Å². The van der Waals surface area contributed by atoms with Crippen molar-refractivity contribution in [3.8, 4) is 0 Å². The number of nitrogens with zero attached hydrogens (tertiary/aromatic N) is 2. The molecule has 5 nitrogen and oxygen atoms in total. The van der Waals surface area contributed by atoms with Gasteiger partial charge in [-0.3, -0.25) is 4.79 Å². The molecule has 8 heteroatoms. The lowest BCUT2D eigenvalue weighted by atomic mass is 10.1. The number of fused-ring (bicyclic) bond motifs is 3. The molecular weight excluding hydrogens is 457 g/mol. The average Bonchev–Trinajstić information content (AvgIpc) is 3.16. The molecule has 4 aromatic rings. The minimum atomic E-state index is -4.22. The molecule has 1 N–H and O–H groups in total. The monoisotopic (exact) mass is 484 g/mol. The van der Waals surface area contributed by atoms with Gasteiger partial charge in [0.05, 0.1) is 17.9 Å². The molecule has 35 heavy (non-hydrogen) atoms. The van der Waals surface area contributed by atoms with Crippen LogP contribution in [0.4, 0.5) is 13.2 Å². The largest absolute Gasteiger partial charge is 0.416 e. The molecule has 1 heterocycles. The fourth-order valence-electron chi connectivity index (χ4n) is 3.91. The average molecular weight is 485 g/mol. The Labute approximate surface area is 201 Å². The summed E-state index contributed by atoms with van der Waals surface area (Å²) < 4.78 is 43.8. The van der Waals surface area contributed by atoms with Crippen LogP contribution in [0.15, 0.2) is 65.8 Å². The van der Waals surface area contributed by atoms with Crippen molar-refractivity contribution < 1.29 is 27.9 Å². The van der Waals surface area contributed by atoms with Crippen LogP contribution in [0.25, 0.3) is 21.8 Å². The van der Waals surface area contributed by atoms with Crippen molar-refractivity contribution in [1.29, 1.82) is 0 Å². The van der Waals surface area contributed by atoms with Crippen LogP contribution in [0.5, 0.6) is 0 Å². The van der Waals surface area contributed by atoms with Gasteiger partial charge in [0.1, 0.15) is 6.29 Å². The van der Waals surface area contributed by atoms with Gasteiger partial charge in [0.15, 0.2) is 0 Å². The first-order valence-electron chi connectivity index (χ1n) is 11.1. The van der Waals surface area contributed by atoms with Crippen molar-refractivity contribution in [3.05, 3.63) is 82.9 Å². The Bertz CT molecular complexity index is 1360. The van der Waals surface area contributed by atoms with E-state index in [1.54, 1.807) is 13.0 Å². The lowest BCUT2D eigenvalue weighted by molar-refractivity contribution is -0.138. The summed E-state index contributed by atoms with van der Waals surface area (Å²) in [6.07, 6.45) is -3.36. The summed E-state index contributed by atoms with van der Waals surface area (Å²) in [7, 11) is 0. The fourth-order valence-corrected chi connectivity index (χ4v) is 3.91. The number of carbonyl (C=O) groups is 1. The van der Waals surface area contributed by atoms with E-state index >= 15 is 0 Å². The number of carbonyl (C=O) groups excluding carboxylic acids is 1. The summed E-state index contributed by atoms with van der Waals surface area (Å²) in [5, 5.41) is 14.4. The maximum absolute atomic E-state index is 12.0. The molecule has 0 unspecified atom stereocenters. The van der Waals surface area contributed by atoms with E-state index in [0.717, 1.165) is 46.3 Å². The zero-order valence-corrected chi connectivity index (χ0v) is 19.8. The molecule has 4 rings (SSSR count). The van der Waals surface area contributed by atoms with E-state index in [-0.39, 0.29) is 5.56 Å². The van der Waals surface area contributed by atoms with Crippen LogP contribution in [0, 0.1) is 6.92 Å². The van der Waals surface area contributed by atoms with E-state index in [1.165, 1.54) is 19.1 Å². The zero-order valence-electron chi connectivity index (χ0n) is 19.8. The van der Waals surface area contributed by atoms with Crippen molar-refractivity contribution in [3.63, 3.8) is 0 Å². The standard InChI is InChI=1S/C19H20N2O3.C8H7F3/c1-3-24-9-8-21-18-6-4-14(12-22)10-16(18)17-11-15(13(2)20-23)5-7-19(17)21;1-6-4-2-3-5-7(6)8(9,10)11/h4-7,10-12,23H,3,8-9H2,1-2H3;2-5H,1H3/b20-13+;. The normalized spacial score (nSPS) is 12.0. The van der Waals surface area contributed by atoms with Crippen molar-refractivity contribution in [2.75, 3.05) is 13.2 Å². The molecular formula is C27H27F3N2O3. The third-order valence-corrected chi connectivity index (χ3v) is 5.71. The molecule has 0 atom stereocenters. The highest BCUT2D eigenvalue weighted by Crippen LogP contribution is 2.32. The Kier molecular flexibility index (Phi) is 8.30. The Hall–Kier alpha value is -3.65. The molecule has 1 aromatic heterocycles. The lowest BCUT2D eigenvalue weighted by Gasteiger charge is -2.08. The van der Waals surface area contributed by atoms with Crippen molar-refractivity contribution in [1.82, 2.24) is 4.57 Å². The number of aldehydes is 1. The minimum absolute atomic E-state index is 0.264. The summed E-state index contributed by atoms with van der Waals surface area (Å²) in [6.45, 7) is 7.23. The zero-order chi connectivity index (χ0) is 25.6. The molecule has 0 fully saturated rings. The van der Waals surface area contributed by atoms with Gasteiger partial charge in [-0.1, -0.05) is 29.4 Å². The Morgan fingerprint density at radius 1 is 1.06 bits per heavy atom. The highest BCUT2D eigenvalue weighted by atomic mass is 19.4. The summed E-state index contributed by atoms with van der Waals surface area (Å²) in [4.78, 5) is 11.1. The Balaban J connectivity index is 0.000000261. The van der Waals surface area contributed by atoms with Crippen LogP contribution in [-0.2, 0) is 17.5 Å². The van der Waals surface area contributed by atoms with Gasteiger partial charge < -0.3 is 14.5 Å². The smallest absolute Gasteiger partial charge is 0.411 e. The van der Waals surface area contributed by atoms with Crippen molar-refractivity contribution in [2.45, 2.75) is 33.5 Å². The summed E-state index contributed by atoms with van der Waals surface area (Å²) in [6, 6.07) is 17.2. The van der Waals surface area contributed by atoms with E-state index in [2.05, 4.69) is 9.72 Å². The molecule has 0 radical (unpaired) electrons. The number of benzene rings is 3. The first kappa shape index (κ1) is 26.0. The second-order valence-corrected chi connectivity index (χ2v) is 7.97. The predicted molar refractivity (Wildman–Crippen MR) is 132 cm³/mol. The third kappa shape index (κ3) is 5.89. The number of oxime groups is 1. The predicted octanol–water partition coefficient (Wildman–Crippen LogP) is 6.86. The van der Waals surface area contributed by atoms with E-state index in [4.69, 9.17) is 9.94 Å². The molecule has 0 amide bonds. The molecule has 3 aromatic carbocycles. The number of halogens is 3. The van der Waals surface area contributed by atoms with Gasteiger partial charge in [-0.25, -0.2) is 0 Å². The van der Waals surface area contributed by atoms with E-state index in [9.17, 15) is 18.0 Å². The van der Waals surface area contributed by atoms with E-state index in [0.29, 0.717) is 24.5 Å². The van der Waals surface area contributed by atoms with Gasteiger partial charge in [-0.15, -0.1) is 0 Å². The first-order valence-corrected chi connectivity index (χ1v) is 11.1. The second-order valence-electron chi connectivity index (χ2n) is 7.97. The SMILES string of the molecule is CCOCCn1c2ccc(C=O)cc2c2cc(/C(C)=N/O)ccc21.Cc1ccccc1C(F)(F)F. The second kappa shape index (κ2) is 11.2. The quantitative estimate of drug-likeness (QED) is 0.107. The van der Waals surface area contributed by atoms with Gasteiger partial charge in [-0.05, 0) is 68.3 Å². The Morgan fingerprint density at radius 3 is 2.29 bits per heavy atom. The van der Waals surface area contributed by atoms with Crippen molar-refractivity contribution in [2.24, 2.45) is 5.16 Å². The number of ether oxygens (including phenoxy) is 1. The molecule has 184 valence electrons. The summed E-state index contributed by atoms with van der Waals surface area (Å²) in [5.74, 6) is 0. The van der Waals surface area contributed by atoms with Gasteiger partial charge in [-0.2, -0.15) is 13.2 Å². The number of aryl methyl sites for hydroxylation is 1. The molecule has 0 bridgehead atoms. The molecule has 0 saturated carbocycles. The lowest BCUT2D eigenvalue weighted by Crippen LogP contribution is -2.06. The number of alkyl halides is 3. The van der Waals surface area contributed by atoms with Crippen LogP contribution in [-0.4, -0.2) is 35.0 Å². The first-order chi connectivity index (χ1) is 16.7. The highest BCUT2D eigenvalue weighted by molar-refractivity contribution is 6.12. The number of hydrogen-bond acceptors (Lipinski definition) is 4. The molecule has 0 aliphatic carbocycles. The Morgan fingerprint density at radius 2 is 1.71 bits per heavy atom. The van der Waals surface area contributed by atoms with Crippen LogP contribution in [0.1, 0.15) is 40.9 Å². The number of hydrogen-bond donors (Lipinski definition) is 1. The van der Waals surface area contributed by atoms with Gasteiger partial charge >= 0.3 is 6.18 Å². The molecule has 0 aliphatic rings. The summed E-state index contributed by atoms with van der Waals surface area (Å²) in [5.41, 5.74) is 3.89. The van der Waals surface area contributed by atoms with Gasteiger partial charge in [0.25, 0.3) is 0 Å². The maximum atomic E-state index is 12.0. The highest BCUT2D eigenvalue weighted by Gasteiger charge is 2.31. The third-order valence-electron chi connectivity index (χ3n) is 5.71. The fraction of sp³-hybridized carbons (Fsp3) is 0.259. The van der Waals surface area contributed by atoms with E-state index < -0.39 is 11.7 Å². The summed E-state index contributed by atoms with van der Waals surface area (Å²) >= 11 is 0. The van der Waals surface area contributed by atoms with Gasteiger partial charge in [0, 0.05) is 40.5 Å². The van der Waals surface area contributed by atoms with Crippen LogP contribution < -0.4 is 0 Å². The number of rotatable bonds is 6. The molecule has 0 aliphatic heterocycles. The van der Waals surface area contributed by atoms with Crippen molar-refractivity contribution >= 4 is 33.8 Å². The van der Waals surface area contributed by atoms with Crippen LogP contribution >= 0.6 is 0 Å². The van der Waals surface area contributed by atoms with Crippen LogP contribution in [0.2, 0.25) is 0 Å². The topological polar surface area (TPSA) is 63.8 Å². The van der Waals surface area contributed by atoms with Gasteiger partial charge in [0.2, 0.25) is 0 Å². The van der Waals surface area contributed by atoms with Crippen LogP contribution in [0.3, 0.4) is 0 Å².